The topological polar surface area (TPSA) is 120 Å². The lowest BCUT2D eigenvalue weighted by atomic mass is 9.98. The summed E-state index contributed by atoms with van der Waals surface area (Å²) in [6.45, 7) is 4.45. The summed E-state index contributed by atoms with van der Waals surface area (Å²) in [5.74, 6) is 1.36. The van der Waals surface area contributed by atoms with E-state index in [1.165, 1.54) is 5.57 Å². The SMILES string of the molecule is CCCCc1nc(C)c(Cc2cc(CC3=CCCC=C3)on2)c(=O)n1Cc1ccc(-c2ccccc2-c2noc(=O)[nH]2)cc1. The second-order valence-electron chi connectivity index (χ2n) is 11.2. The second kappa shape index (κ2) is 13.1. The molecule has 0 unspecified atom stereocenters. The zero-order chi connectivity index (χ0) is 30.5. The smallest absolute Gasteiger partial charge is 0.361 e. The first-order valence-electron chi connectivity index (χ1n) is 15.1. The van der Waals surface area contributed by atoms with Gasteiger partial charge in [-0.3, -0.25) is 18.9 Å². The molecular formula is C35H35N5O4. The van der Waals surface area contributed by atoms with E-state index in [0.717, 1.165) is 77.3 Å². The molecule has 0 atom stereocenters. The van der Waals surface area contributed by atoms with Crippen molar-refractivity contribution >= 4 is 0 Å². The molecule has 3 heterocycles. The first-order chi connectivity index (χ1) is 21.5. The molecule has 1 N–H and O–H groups in total. The molecule has 2 aromatic carbocycles. The lowest BCUT2D eigenvalue weighted by Gasteiger charge is -2.16. The Hall–Kier alpha value is -5.05. The molecule has 224 valence electrons. The quantitative estimate of drug-likeness (QED) is 0.191. The number of rotatable bonds is 11. The molecule has 1 aliphatic carbocycles. The molecule has 0 bridgehead atoms. The summed E-state index contributed by atoms with van der Waals surface area (Å²) >= 11 is 0. The fraction of sp³-hybridized carbons (Fsp3) is 0.286. The number of hydrogen-bond donors (Lipinski definition) is 1. The Bertz CT molecular complexity index is 1940. The average molecular weight is 590 g/mol. The van der Waals surface area contributed by atoms with Crippen LogP contribution in [0.2, 0.25) is 0 Å². The highest BCUT2D eigenvalue weighted by atomic mass is 16.5. The number of allylic oxidation sites excluding steroid dienone is 4. The van der Waals surface area contributed by atoms with Crippen LogP contribution in [-0.4, -0.2) is 24.8 Å². The van der Waals surface area contributed by atoms with E-state index in [0.29, 0.717) is 30.8 Å². The van der Waals surface area contributed by atoms with Crippen LogP contribution >= 0.6 is 0 Å². The lowest BCUT2D eigenvalue weighted by Crippen LogP contribution is -2.30. The standard InChI is InChI=1S/C35H35N5O4/c1-3-4-14-32-36-23(2)31(21-27-20-28(43-38-27)19-24-10-6-5-7-11-24)34(41)40(32)22-25-15-17-26(18-16-25)29-12-8-9-13-30(29)33-37-35(42)44-39-33/h6,8-13,15-18,20H,3-5,7,14,19,21-22H2,1-2H3,(H,37,39,42). The zero-order valence-corrected chi connectivity index (χ0v) is 25.0. The van der Waals surface area contributed by atoms with Gasteiger partial charge >= 0.3 is 5.76 Å². The van der Waals surface area contributed by atoms with Gasteiger partial charge in [-0.25, -0.2) is 9.78 Å². The summed E-state index contributed by atoms with van der Waals surface area (Å²) in [6, 6.07) is 17.7. The summed E-state index contributed by atoms with van der Waals surface area (Å²) in [6.07, 6.45) is 12.4. The van der Waals surface area contributed by atoms with E-state index in [-0.39, 0.29) is 5.56 Å². The minimum atomic E-state index is -0.598. The molecule has 1 aliphatic rings. The minimum Gasteiger partial charge on any atom is -0.361 e. The van der Waals surface area contributed by atoms with Gasteiger partial charge in [-0.15, -0.1) is 0 Å². The van der Waals surface area contributed by atoms with E-state index in [4.69, 9.17) is 14.0 Å². The van der Waals surface area contributed by atoms with Gasteiger partial charge in [-0.05, 0) is 48.4 Å². The van der Waals surface area contributed by atoms with Crippen LogP contribution in [0.25, 0.3) is 22.5 Å². The average Bonchev–Trinajstić information content (AvgIpc) is 3.69. The van der Waals surface area contributed by atoms with Gasteiger partial charge in [0.2, 0.25) is 0 Å². The Kier molecular flexibility index (Phi) is 8.63. The van der Waals surface area contributed by atoms with Crippen LogP contribution in [0.1, 0.15) is 66.7 Å². The van der Waals surface area contributed by atoms with Crippen molar-refractivity contribution in [3.63, 3.8) is 0 Å². The molecule has 9 nitrogen and oxygen atoms in total. The monoisotopic (exact) mass is 589 g/mol. The lowest BCUT2D eigenvalue weighted by molar-refractivity contribution is 0.384. The molecule has 0 amide bonds. The van der Waals surface area contributed by atoms with Gasteiger partial charge in [0.25, 0.3) is 5.56 Å². The molecule has 6 rings (SSSR count). The predicted molar refractivity (Wildman–Crippen MR) is 168 cm³/mol. The molecule has 0 saturated carbocycles. The number of nitrogens with zero attached hydrogens (tertiary/aromatic N) is 4. The molecule has 3 aromatic heterocycles. The van der Waals surface area contributed by atoms with Gasteiger partial charge in [-0.1, -0.05) is 90.4 Å². The molecule has 0 aliphatic heterocycles. The van der Waals surface area contributed by atoms with Gasteiger partial charge in [0, 0.05) is 42.1 Å². The van der Waals surface area contributed by atoms with Crippen LogP contribution in [0.4, 0.5) is 0 Å². The van der Waals surface area contributed by atoms with Crippen molar-refractivity contribution < 1.29 is 9.05 Å². The van der Waals surface area contributed by atoms with Gasteiger partial charge in [0.1, 0.15) is 11.6 Å². The third-order valence-electron chi connectivity index (χ3n) is 7.95. The molecule has 0 spiro atoms. The first kappa shape index (κ1) is 29.0. The number of H-pyrrole nitrogens is 1. The fourth-order valence-electron chi connectivity index (χ4n) is 5.61. The number of benzene rings is 2. The molecule has 5 aromatic rings. The van der Waals surface area contributed by atoms with Crippen LogP contribution in [-0.2, 0) is 25.8 Å². The highest BCUT2D eigenvalue weighted by Crippen LogP contribution is 2.30. The molecule has 0 saturated heterocycles. The van der Waals surface area contributed by atoms with Crippen molar-refractivity contribution in [2.45, 2.75) is 65.3 Å². The van der Waals surface area contributed by atoms with E-state index >= 15 is 0 Å². The van der Waals surface area contributed by atoms with E-state index in [2.05, 4.69) is 40.4 Å². The fourth-order valence-corrected chi connectivity index (χ4v) is 5.61. The molecule has 44 heavy (non-hydrogen) atoms. The van der Waals surface area contributed by atoms with Crippen molar-refractivity contribution in [1.29, 1.82) is 0 Å². The van der Waals surface area contributed by atoms with Crippen LogP contribution < -0.4 is 11.3 Å². The van der Waals surface area contributed by atoms with Crippen molar-refractivity contribution in [3.05, 3.63) is 133 Å². The zero-order valence-electron chi connectivity index (χ0n) is 25.0. The normalized spacial score (nSPS) is 12.9. The number of aromatic nitrogens is 5. The van der Waals surface area contributed by atoms with Crippen LogP contribution in [0.3, 0.4) is 0 Å². The van der Waals surface area contributed by atoms with Crippen molar-refractivity contribution in [2.75, 3.05) is 0 Å². The molecular weight excluding hydrogens is 554 g/mol. The number of hydrogen-bond acceptors (Lipinski definition) is 7. The minimum absolute atomic E-state index is 0.0458. The van der Waals surface area contributed by atoms with Crippen LogP contribution in [0.15, 0.2) is 97.0 Å². The maximum absolute atomic E-state index is 14.0. The third kappa shape index (κ3) is 6.46. The van der Waals surface area contributed by atoms with Crippen molar-refractivity contribution in [3.8, 4) is 22.5 Å². The largest absolute Gasteiger partial charge is 0.439 e. The maximum atomic E-state index is 14.0. The summed E-state index contributed by atoms with van der Waals surface area (Å²) < 4.78 is 12.2. The van der Waals surface area contributed by atoms with E-state index in [9.17, 15) is 9.59 Å². The summed E-state index contributed by atoms with van der Waals surface area (Å²) in [5, 5.41) is 8.14. The summed E-state index contributed by atoms with van der Waals surface area (Å²) in [4.78, 5) is 33.1. The molecule has 9 heteroatoms. The van der Waals surface area contributed by atoms with Crippen molar-refractivity contribution in [2.24, 2.45) is 0 Å². The third-order valence-corrected chi connectivity index (χ3v) is 7.95. The highest BCUT2D eigenvalue weighted by Gasteiger charge is 2.18. The molecule has 0 radical (unpaired) electrons. The predicted octanol–water partition coefficient (Wildman–Crippen LogP) is 6.35. The van der Waals surface area contributed by atoms with Crippen LogP contribution in [0, 0.1) is 6.92 Å². The Labute approximate surface area is 255 Å². The van der Waals surface area contributed by atoms with E-state index in [1.807, 2.05) is 61.5 Å². The summed E-state index contributed by atoms with van der Waals surface area (Å²) in [7, 11) is 0. The number of unbranched alkanes of at least 4 members (excludes halogenated alkanes) is 1. The van der Waals surface area contributed by atoms with E-state index in [1.54, 1.807) is 4.57 Å². The van der Waals surface area contributed by atoms with Gasteiger partial charge in [0.15, 0.2) is 5.82 Å². The number of aromatic amines is 1. The highest BCUT2D eigenvalue weighted by molar-refractivity contribution is 5.80. The van der Waals surface area contributed by atoms with Gasteiger partial charge < -0.3 is 4.52 Å². The number of nitrogens with one attached hydrogen (secondary N) is 1. The maximum Gasteiger partial charge on any atom is 0.439 e. The Morgan fingerprint density at radius 3 is 2.50 bits per heavy atom. The Morgan fingerprint density at radius 1 is 0.955 bits per heavy atom. The Balaban J connectivity index is 1.27. The molecule has 0 fully saturated rings. The van der Waals surface area contributed by atoms with E-state index < -0.39 is 5.76 Å². The van der Waals surface area contributed by atoms with Crippen molar-refractivity contribution in [1.82, 2.24) is 24.8 Å². The first-order valence-corrected chi connectivity index (χ1v) is 15.1. The van der Waals surface area contributed by atoms with Crippen LogP contribution in [0.5, 0.6) is 0 Å². The number of aryl methyl sites for hydroxylation is 2. The second-order valence-corrected chi connectivity index (χ2v) is 11.2. The summed E-state index contributed by atoms with van der Waals surface area (Å²) in [5.41, 5.74) is 6.88. The van der Waals surface area contributed by atoms with Gasteiger partial charge in [0.05, 0.1) is 12.2 Å². The van der Waals surface area contributed by atoms with Gasteiger partial charge in [-0.2, -0.15) is 0 Å². The Morgan fingerprint density at radius 2 is 1.77 bits per heavy atom.